The van der Waals surface area contributed by atoms with Gasteiger partial charge in [-0.25, -0.2) is 0 Å². The van der Waals surface area contributed by atoms with Crippen LogP contribution in [0.5, 0.6) is 0 Å². The van der Waals surface area contributed by atoms with Crippen LogP contribution in [0.15, 0.2) is 0 Å². The number of carbonyl (C=O) groups excluding carboxylic acids is 1. The molecule has 17 heavy (non-hydrogen) atoms. The van der Waals surface area contributed by atoms with E-state index >= 15 is 0 Å². The van der Waals surface area contributed by atoms with Crippen molar-refractivity contribution in [3.05, 3.63) is 0 Å². The van der Waals surface area contributed by atoms with Crippen LogP contribution in [-0.2, 0) is 4.79 Å². The van der Waals surface area contributed by atoms with Gasteiger partial charge in [0.15, 0.2) is 0 Å². The average Bonchev–Trinajstić information content (AvgIpc) is 2.89. The Bertz CT molecular complexity index is 263. The van der Waals surface area contributed by atoms with E-state index in [0.29, 0.717) is 0 Å². The molecule has 2 rings (SSSR count). The second kappa shape index (κ2) is 5.83. The van der Waals surface area contributed by atoms with Gasteiger partial charge in [-0.1, -0.05) is 0 Å². The van der Waals surface area contributed by atoms with Gasteiger partial charge in [0.05, 0.1) is 0 Å². The van der Waals surface area contributed by atoms with Crippen LogP contribution in [-0.4, -0.2) is 42.5 Å². The maximum Gasteiger partial charge on any atom is 0.223 e. The van der Waals surface area contributed by atoms with Crippen LogP contribution in [0.1, 0.15) is 39.0 Å². The zero-order valence-corrected chi connectivity index (χ0v) is 10.8. The van der Waals surface area contributed by atoms with E-state index in [4.69, 9.17) is 5.73 Å². The Labute approximate surface area is 104 Å². The number of nitrogens with two attached hydrogens (primary N) is 1. The van der Waals surface area contributed by atoms with E-state index in [2.05, 4.69) is 17.1 Å². The SMILES string of the molecule is CC(CN1CCCC1)NC(=O)C1CCC(N)C1. The first kappa shape index (κ1) is 12.8. The first-order chi connectivity index (χ1) is 8.15. The van der Waals surface area contributed by atoms with Crippen molar-refractivity contribution in [2.75, 3.05) is 19.6 Å². The molecule has 1 heterocycles. The molecule has 1 saturated carbocycles. The van der Waals surface area contributed by atoms with Crippen LogP contribution in [0, 0.1) is 5.92 Å². The molecule has 1 amide bonds. The lowest BCUT2D eigenvalue weighted by atomic mass is 10.1. The highest BCUT2D eigenvalue weighted by molar-refractivity contribution is 5.79. The molecule has 0 aromatic rings. The summed E-state index contributed by atoms with van der Waals surface area (Å²) in [6.45, 7) is 5.47. The predicted octanol–water partition coefficient (Wildman–Crippen LogP) is 0.714. The molecule has 98 valence electrons. The third kappa shape index (κ3) is 3.68. The maximum atomic E-state index is 12.0. The number of rotatable bonds is 4. The van der Waals surface area contributed by atoms with Crippen molar-refractivity contribution in [1.82, 2.24) is 10.2 Å². The van der Waals surface area contributed by atoms with Crippen molar-refractivity contribution in [3.8, 4) is 0 Å². The number of hydrogen-bond acceptors (Lipinski definition) is 3. The van der Waals surface area contributed by atoms with Crippen LogP contribution in [0.3, 0.4) is 0 Å². The quantitative estimate of drug-likeness (QED) is 0.760. The summed E-state index contributed by atoms with van der Waals surface area (Å²) in [5, 5.41) is 3.13. The molecule has 1 saturated heterocycles. The van der Waals surface area contributed by atoms with E-state index in [1.165, 1.54) is 25.9 Å². The van der Waals surface area contributed by atoms with Crippen LogP contribution in [0.4, 0.5) is 0 Å². The van der Waals surface area contributed by atoms with Gasteiger partial charge in [0.25, 0.3) is 0 Å². The van der Waals surface area contributed by atoms with E-state index in [1.54, 1.807) is 0 Å². The van der Waals surface area contributed by atoms with E-state index < -0.39 is 0 Å². The molecule has 0 aromatic carbocycles. The lowest BCUT2D eigenvalue weighted by Crippen LogP contribution is -2.43. The van der Waals surface area contributed by atoms with E-state index in [-0.39, 0.29) is 23.9 Å². The van der Waals surface area contributed by atoms with E-state index in [1.807, 2.05) is 0 Å². The highest BCUT2D eigenvalue weighted by Gasteiger charge is 2.28. The lowest BCUT2D eigenvalue weighted by molar-refractivity contribution is -0.125. The van der Waals surface area contributed by atoms with Gasteiger partial charge in [-0.05, 0) is 52.1 Å². The molecule has 3 unspecified atom stereocenters. The Morgan fingerprint density at radius 2 is 2.12 bits per heavy atom. The molecular weight excluding hydrogens is 214 g/mol. The van der Waals surface area contributed by atoms with Gasteiger partial charge in [0.1, 0.15) is 0 Å². The normalized spacial score (nSPS) is 31.6. The molecule has 4 heteroatoms. The highest BCUT2D eigenvalue weighted by atomic mass is 16.1. The molecule has 3 N–H and O–H groups in total. The van der Waals surface area contributed by atoms with Crippen molar-refractivity contribution in [2.45, 2.75) is 51.1 Å². The van der Waals surface area contributed by atoms with Crippen molar-refractivity contribution in [2.24, 2.45) is 11.7 Å². The Morgan fingerprint density at radius 3 is 2.71 bits per heavy atom. The summed E-state index contributed by atoms with van der Waals surface area (Å²) in [4.78, 5) is 14.4. The van der Waals surface area contributed by atoms with Crippen LogP contribution in [0.2, 0.25) is 0 Å². The second-order valence-corrected chi connectivity index (χ2v) is 5.69. The lowest BCUT2D eigenvalue weighted by Gasteiger charge is -2.22. The number of amides is 1. The zero-order chi connectivity index (χ0) is 12.3. The Kier molecular flexibility index (Phi) is 4.40. The molecule has 0 radical (unpaired) electrons. The van der Waals surface area contributed by atoms with E-state index in [9.17, 15) is 4.79 Å². The van der Waals surface area contributed by atoms with Gasteiger partial charge in [-0.2, -0.15) is 0 Å². The van der Waals surface area contributed by atoms with Crippen LogP contribution >= 0.6 is 0 Å². The maximum absolute atomic E-state index is 12.0. The molecular formula is C13H25N3O. The third-order valence-electron chi connectivity index (χ3n) is 3.96. The fourth-order valence-electron chi connectivity index (χ4n) is 3.01. The zero-order valence-electron chi connectivity index (χ0n) is 10.8. The van der Waals surface area contributed by atoms with Gasteiger partial charge in [0.2, 0.25) is 5.91 Å². The topological polar surface area (TPSA) is 58.4 Å². The minimum Gasteiger partial charge on any atom is -0.352 e. The van der Waals surface area contributed by atoms with Crippen molar-refractivity contribution in [3.63, 3.8) is 0 Å². The molecule has 2 fully saturated rings. The van der Waals surface area contributed by atoms with Gasteiger partial charge in [-0.15, -0.1) is 0 Å². The Hall–Kier alpha value is -0.610. The molecule has 2 aliphatic rings. The van der Waals surface area contributed by atoms with E-state index in [0.717, 1.165) is 25.8 Å². The van der Waals surface area contributed by atoms with Gasteiger partial charge < -0.3 is 16.0 Å². The van der Waals surface area contributed by atoms with Crippen molar-refractivity contribution in [1.29, 1.82) is 0 Å². The summed E-state index contributed by atoms with van der Waals surface area (Å²) in [5.41, 5.74) is 5.84. The second-order valence-electron chi connectivity index (χ2n) is 5.69. The fourth-order valence-corrected chi connectivity index (χ4v) is 3.01. The molecule has 3 atom stereocenters. The molecule has 0 spiro atoms. The molecule has 1 aliphatic heterocycles. The first-order valence-electron chi connectivity index (χ1n) is 6.93. The molecule has 1 aliphatic carbocycles. The standard InChI is InChI=1S/C13H25N3O/c1-10(9-16-6-2-3-7-16)15-13(17)11-4-5-12(14)8-11/h10-12H,2-9,14H2,1H3,(H,15,17). The minimum absolute atomic E-state index is 0.158. The minimum atomic E-state index is 0.158. The summed E-state index contributed by atoms with van der Waals surface area (Å²) in [7, 11) is 0. The Balaban J connectivity index is 1.70. The highest BCUT2D eigenvalue weighted by Crippen LogP contribution is 2.24. The summed E-state index contributed by atoms with van der Waals surface area (Å²) in [5.74, 6) is 0.371. The summed E-state index contributed by atoms with van der Waals surface area (Å²) >= 11 is 0. The number of nitrogens with zero attached hydrogens (tertiary/aromatic N) is 1. The Morgan fingerprint density at radius 1 is 1.41 bits per heavy atom. The number of nitrogens with one attached hydrogen (secondary N) is 1. The van der Waals surface area contributed by atoms with Gasteiger partial charge in [0, 0.05) is 24.5 Å². The van der Waals surface area contributed by atoms with Gasteiger partial charge in [-0.3, -0.25) is 4.79 Å². The van der Waals surface area contributed by atoms with Gasteiger partial charge >= 0.3 is 0 Å². The first-order valence-corrected chi connectivity index (χ1v) is 6.93. The summed E-state index contributed by atoms with van der Waals surface area (Å²) in [6.07, 6.45) is 5.43. The van der Waals surface area contributed by atoms with Crippen molar-refractivity contribution >= 4 is 5.91 Å². The average molecular weight is 239 g/mol. The number of hydrogen-bond donors (Lipinski definition) is 2. The molecule has 4 nitrogen and oxygen atoms in total. The van der Waals surface area contributed by atoms with Crippen LogP contribution in [0.25, 0.3) is 0 Å². The molecule has 0 bridgehead atoms. The van der Waals surface area contributed by atoms with Crippen molar-refractivity contribution < 1.29 is 4.79 Å². The monoisotopic (exact) mass is 239 g/mol. The summed E-state index contributed by atoms with van der Waals surface area (Å²) in [6, 6.07) is 0.497. The molecule has 0 aromatic heterocycles. The fraction of sp³-hybridized carbons (Fsp3) is 0.923. The number of carbonyl (C=O) groups is 1. The predicted molar refractivity (Wildman–Crippen MR) is 68.6 cm³/mol. The largest absolute Gasteiger partial charge is 0.352 e. The third-order valence-corrected chi connectivity index (χ3v) is 3.96. The smallest absolute Gasteiger partial charge is 0.223 e. The van der Waals surface area contributed by atoms with Crippen LogP contribution < -0.4 is 11.1 Å². The summed E-state index contributed by atoms with van der Waals surface area (Å²) < 4.78 is 0. The number of likely N-dealkylation sites (tertiary alicyclic amines) is 1.